The Hall–Kier alpha value is 0.129. The van der Waals surface area contributed by atoms with Gasteiger partial charge in [0.2, 0.25) is 0 Å². The van der Waals surface area contributed by atoms with E-state index in [0.717, 1.165) is 12.8 Å². The Balaban J connectivity index is 0. The van der Waals surface area contributed by atoms with Crippen molar-refractivity contribution in [3.63, 3.8) is 0 Å². The first-order valence-electron chi connectivity index (χ1n) is 3.00. The van der Waals surface area contributed by atoms with Crippen LogP contribution >= 0.6 is 0 Å². The van der Waals surface area contributed by atoms with Crippen LogP contribution in [0.4, 0.5) is 0 Å². The van der Waals surface area contributed by atoms with Gasteiger partial charge < -0.3 is 0 Å². The molecule has 0 saturated carbocycles. The predicted molar refractivity (Wildman–Crippen MR) is 38.2 cm³/mol. The van der Waals surface area contributed by atoms with E-state index in [9.17, 15) is 5.11 Å². The average Bonchev–Trinajstić information content (AvgIpc) is 1.69. The second-order valence-corrected chi connectivity index (χ2v) is 1.76. The fourth-order valence-electron chi connectivity index (χ4n) is 0.529. The molecule has 0 aromatic carbocycles. The van der Waals surface area contributed by atoms with Gasteiger partial charge >= 0.3 is 10.1 Å². The predicted octanol–water partition coefficient (Wildman–Crippen LogP) is 1.08. The zero-order valence-corrected chi connectivity index (χ0v) is 4.94. The molecule has 0 aliphatic carbocycles. The van der Waals surface area contributed by atoms with Gasteiger partial charge in [-0.1, -0.05) is 26.2 Å². The Morgan fingerprint density at radius 1 is 1.12 bits per heavy atom. The zero-order chi connectivity index (χ0) is 5.54. The van der Waals surface area contributed by atoms with E-state index in [0.29, 0.717) is 0 Å². The van der Waals surface area contributed by atoms with Gasteiger partial charge in [0.25, 0.3) is 0 Å². The molecule has 0 spiro atoms. The van der Waals surface area contributed by atoms with Crippen LogP contribution in [0.15, 0.2) is 0 Å². The van der Waals surface area contributed by atoms with E-state index >= 15 is 0 Å². The Labute approximate surface area is 55.3 Å². The summed E-state index contributed by atoms with van der Waals surface area (Å²) >= 11 is 0. The Bertz CT molecular complexity index is 27.7. The Morgan fingerprint density at radius 3 is 2.12 bits per heavy atom. The van der Waals surface area contributed by atoms with Crippen molar-refractivity contribution in [3.8, 4) is 0 Å². The van der Waals surface area contributed by atoms with Gasteiger partial charge in [-0.05, 0) is 6.42 Å². The summed E-state index contributed by atoms with van der Waals surface area (Å²) in [5.41, 5.74) is 0. The van der Waals surface area contributed by atoms with E-state index in [-0.39, 0.29) is 16.7 Å². The van der Waals surface area contributed by atoms with Crippen molar-refractivity contribution >= 4 is 10.1 Å². The third-order valence-corrected chi connectivity index (χ3v) is 0.998. The molecule has 8 heavy (non-hydrogen) atoms. The van der Waals surface area contributed by atoms with Gasteiger partial charge in [-0.2, -0.15) is 0 Å². The molecule has 0 amide bonds. The summed E-state index contributed by atoms with van der Waals surface area (Å²) in [6.07, 6.45) is 4.44. The van der Waals surface area contributed by atoms with Crippen molar-refractivity contribution in [2.75, 3.05) is 6.61 Å². The molecule has 0 bridgehead atoms. The first-order chi connectivity index (χ1) is 3.41. The first kappa shape index (κ1) is 11.0. The van der Waals surface area contributed by atoms with E-state index < -0.39 is 0 Å². The summed E-state index contributed by atoms with van der Waals surface area (Å²) in [4.78, 5) is 0. The fraction of sp³-hybridized carbons (Fsp3) is 1.00. The number of hydrogen-bond acceptors (Lipinski definition) is 0. The molecule has 0 aromatic heterocycles. The summed E-state index contributed by atoms with van der Waals surface area (Å²) in [7, 11) is 0. The Kier molecular flexibility index (Phi) is 14.0. The number of unbranched alkanes of at least 4 members (excludes halogenated alkanes) is 3. The van der Waals surface area contributed by atoms with E-state index in [4.69, 9.17) is 0 Å². The maximum absolute atomic E-state index is 9.80. The van der Waals surface area contributed by atoms with Gasteiger partial charge in [-0.25, -0.2) is 5.11 Å². The van der Waals surface area contributed by atoms with Crippen LogP contribution in [0.3, 0.4) is 0 Å². The molecular formula is C6H15BeO. The quantitative estimate of drug-likeness (QED) is 0.383. The summed E-state index contributed by atoms with van der Waals surface area (Å²) in [5, 5.41) is 9.80. The second-order valence-electron chi connectivity index (χ2n) is 1.76. The third-order valence-electron chi connectivity index (χ3n) is 0.998. The van der Waals surface area contributed by atoms with Crippen LogP contribution < -0.4 is 0 Å². The van der Waals surface area contributed by atoms with E-state index in [2.05, 4.69) is 6.92 Å². The van der Waals surface area contributed by atoms with Gasteiger partial charge in [0.15, 0.2) is 0 Å². The van der Waals surface area contributed by atoms with E-state index in [1.165, 1.54) is 12.8 Å². The van der Waals surface area contributed by atoms with Crippen LogP contribution in [-0.4, -0.2) is 16.7 Å². The summed E-state index contributed by atoms with van der Waals surface area (Å²) < 4.78 is 0. The summed E-state index contributed by atoms with van der Waals surface area (Å²) in [5.74, 6) is 0. The molecule has 0 aromatic rings. The third kappa shape index (κ3) is 9.46. The summed E-state index contributed by atoms with van der Waals surface area (Å²) in [6.45, 7) is 2.25. The van der Waals surface area contributed by atoms with E-state index in [1.807, 2.05) is 0 Å². The van der Waals surface area contributed by atoms with Gasteiger partial charge in [0.05, 0.1) is 6.61 Å². The molecule has 47 valence electrons. The molecule has 0 saturated heterocycles. The normalized spacial score (nSPS) is 8.25. The molecular weight excluding hydrogens is 97.1 g/mol. The molecule has 0 aliphatic rings. The van der Waals surface area contributed by atoms with Crippen molar-refractivity contribution in [1.82, 2.24) is 0 Å². The minimum absolute atomic E-state index is 0. The van der Waals surface area contributed by atoms with Crippen LogP contribution in [0.1, 0.15) is 32.6 Å². The standard InChI is InChI=1S/C6H13O.Be.2H/c1-2-3-4-5-6-7;;;/h2-6H2,1H3;;;. The zero-order valence-electron chi connectivity index (χ0n) is 4.94. The van der Waals surface area contributed by atoms with Gasteiger partial charge in [0, 0.05) is 0 Å². The van der Waals surface area contributed by atoms with Crippen molar-refractivity contribution < 1.29 is 5.11 Å². The molecule has 2 heteroatoms. The van der Waals surface area contributed by atoms with Crippen molar-refractivity contribution in [3.05, 3.63) is 0 Å². The first-order valence-corrected chi connectivity index (χ1v) is 3.00. The summed E-state index contributed by atoms with van der Waals surface area (Å²) in [6, 6.07) is 0. The number of hydrogen-bond donors (Lipinski definition) is 0. The minimum atomic E-state index is 0. The molecule has 1 radical (unpaired) electrons. The van der Waals surface area contributed by atoms with Crippen LogP contribution in [0.2, 0.25) is 0 Å². The van der Waals surface area contributed by atoms with Crippen molar-refractivity contribution in [1.29, 1.82) is 0 Å². The molecule has 0 N–H and O–H groups in total. The molecule has 0 unspecified atom stereocenters. The molecule has 0 heterocycles. The molecule has 0 rings (SSSR count). The van der Waals surface area contributed by atoms with Crippen molar-refractivity contribution in [2.24, 2.45) is 0 Å². The van der Waals surface area contributed by atoms with Crippen molar-refractivity contribution in [2.45, 2.75) is 32.6 Å². The van der Waals surface area contributed by atoms with Crippen LogP contribution in [0, 0.1) is 0 Å². The average molecular weight is 112 g/mol. The van der Waals surface area contributed by atoms with Crippen LogP contribution in [-0.2, 0) is 5.11 Å². The SMILES string of the molecule is CCCCCC[O].[BeH2]. The molecule has 0 fully saturated rings. The second kappa shape index (κ2) is 10.2. The van der Waals surface area contributed by atoms with Gasteiger partial charge in [-0.15, -0.1) is 0 Å². The number of rotatable bonds is 4. The van der Waals surface area contributed by atoms with E-state index in [1.54, 1.807) is 0 Å². The Morgan fingerprint density at radius 2 is 1.75 bits per heavy atom. The monoisotopic (exact) mass is 112 g/mol. The van der Waals surface area contributed by atoms with Gasteiger partial charge in [0.1, 0.15) is 0 Å². The fourth-order valence-corrected chi connectivity index (χ4v) is 0.529. The molecule has 0 aliphatic heterocycles. The molecule has 0 atom stereocenters. The van der Waals surface area contributed by atoms with Gasteiger partial charge in [-0.3, -0.25) is 0 Å². The topological polar surface area (TPSA) is 19.9 Å². The maximum atomic E-state index is 9.80. The van der Waals surface area contributed by atoms with Crippen LogP contribution in [0.25, 0.3) is 0 Å². The molecule has 1 nitrogen and oxygen atoms in total. The van der Waals surface area contributed by atoms with Crippen LogP contribution in [0.5, 0.6) is 0 Å².